The highest BCUT2D eigenvalue weighted by atomic mass is 15.3. The summed E-state index contributed by atoms with van der Waals surface area (Å²) in [6, 6.07) is 0. The van der Waals surface area contributed by atoms with Crippen molar-refractivity contribution in [1.29, 1.82) is 0 Å². The van der Waals surface area contributed by atoms with Crippen LogP contribution in [0.4, 0.5) is 0 Å². The molecule has 2 aliphatic heterocycles. The molecule has 2 aliphatic rings. The fraction of sp³-hybridized carbons (Fsp3) is 0.444. The van der Waals surface area contributed by atoms with Gasteiger partial charge < -0.3 is 10.2 Å². The summed E-state index contributed by atoms with van der Waals surface area (Å²) in [7, 11) is 0. The van der Waals surface area contributed by atoms with Crippen molar-refractivity contribution in [3.63, 3.8) is 0 Å². The summed E-state index contributed by atoms with van der Waals surface area (Å²) in [5, 5.41) is 3.26. The standard InChI is InChI=1S/C9H13N3/c1-7(2)9-5-12-6-10-3-8(12)4-11-9/h3-5,7,11H,6H2,1-2H3. The maximum atomic E-state index is 4.17. The van der Waals surface area contributed by atoms with Crippen LogP contribution in [0.1, 0.15) is 13.8 Å². The Morgan fingerprint density at radius 2 is 2.42 bits per heavy atom. The molecule has 3 nitrogen and oxygen atoms in total. The van der Waals surface area contributed by atoms with Crippen LogP contribution in [0.25, 0.3) is 0 Å². The number of fused-ring (bicyclic) bond motifs is 1. The fourth-order valence-corrected chi connectivity index (χ4v) is 1.29. The third kappa shape index (κ3) is 1.11. The number of hydrogen-bond acceptors (Lipinski definition) is 3. The van der Waals surface area contributed by atoms with E-state index >= 15 is 0 Å². The second-order valence-electron chi connectivity index (χ2n) is 3.38. The number of aliphatic imine (C=N–C) groups is 1. The molecule has 0 fully saturated rings. The van der Waals surface area contributed by atoms with Crippen LogP contribution in [0.15, 0.2) is 28.8 Å². The van der Waals surface area contributed by atoms with Gasteiger partial charge in [-0.15, -0.1) is 0 Å². The molecule has 0 aromatic heterocycles. The lowest BCUT2D eigenvalue weighted by molar-refractivity contribution is 0.492. The van der Waals surface area contributed by atoms with Crippen molar-refractivity contribution >= 4 is 6.21 Å². The molecule has 0 saturated heterocycles. The number of nitrogens with one attached hydrogen (secondary N) is 1. The molecule has 3 heteroatoms. The van der Waals surface area contributed by atoms with Gasteiger partial charge in [0.1, 0.15) is 6.67 Å². The van der Waals surface area contributed by atoms with Crippen LogP contribution in [0.5, 0.6) is 0 Å². The molecular weight excluding hydrogens is 150 g/mol. The summed E-state index contributed by atoms with van der Waals surface area (Å²) >= 11 is 0. The van der Waals surface area contributed by atoms with Gasteiger partial charge >= 0.3 is 0 Å². The van der Waals surface area contributed by atoms with E-state index in [0.717, 1.165) is 12.4 Å². The second kappa shape index (κ2) is 2.66. The van der Waals surface area contributed by atoms with Crippen LogP contribution in [-0.2, 0) is 0 Å². The number of hydrogen-bond donors (Lipinski definition) is 1. The van der Waals surface area contributed by atoms with Crippen molar-refractivity contribution in [3.8, 4) is 0 Å². The third-order valence-corrected chi connectivity index (χ3v) is 2.09. The summed E-state index contributed by atoms with van der Waals surface area (Å²) in [6.45, 7) is 5.12. The van der Waals surface area contributed by atoms with Crippen molar-refractivity contribution in [2.24, 2.45) is 10.9 Å². The minimum Gasteiger partial charge on any atom is -0.362 e. The van der Waals surface area contributed by atoms with Crippen LogP contribution >= 0.6 is 0 Å². The molecular formula is C9H13N3. The molecule has 2 rings (SSSR count). The normalized spacial score (nSPS) is 20.4. The summed E-state index contributed by atoms with van der Waals surface area (Å²) in [5.74, 6) is 0.545. The molecule has 64 valence electrons. The lowest BCUT2D eigenvalue weighted by Crippen LogP contribution is -2.25. The predicted molar refractivity (Wildman–Crippen MR) is 49.3 cm³/mol. The van der Waals surface area contributed by atoms with Gasteiger partial charge in [0, 0.05) is 24.3 Å². The molecule has 2 heterocycles. The Morgan fingerprint density at radius 3 is 3.17 bits per heavy atom. The Bertz CT molecular complexity index is 273. The molecule has 0 amide bonds. The Morgan fingerprint density at radius 1 is 1.58 bits per heavy atom. The summed E-state index contributed by atoms with van der Waals surface area (Å²) < 4.78 is 0. The Kier molecular flexibility index (Phi) is 1.64. The van der Waals surface area contributed by atoms with Gasteiger partial charge in [0.05, 0.1) is 5.70 Å². The Labute approximate surface area is 72.5 Å². The minimum absolute atomic E-state index is 0.545. The van der Waals surface area contributed by atoms with E-state index < -0.39 is 0 Å². The molecule has 0 unspecified atom stereocenters. The summed E-state index contributed by atoms with van der Waals surface area (Å²) in [6.07, 6.45) is 6.03. The van der Waals surface area contributed by atoms with Crippen LogP contribution in [0.3, 0.4) is 0 Å². The van der Waals surface area contributed by atoms with Crippen LogP contribution in [-0.4, -0.2) is 17.8 Å². The average Bonchev–Trinajstić information content (AvgIpc) is 2.49. The van der Waals surface area contributed by atoms with Gasteiger partial charge in [-0.05, 0) is 5.92 Å². The van der Waals surface area contributed by atoms with E-state index in [0.29, 0.717) is 5.92 Å². The smallest absolute Gasteiger partial charge is 0.114 e. The van der Waals surface area contributed by atoms with Crippen LogP contribution in [0, 0.1) is 5.92 Å². The van der Waals surface area contributed by atoms with Gasteiger partial charge in [-0.2, -0.15) is 0 Å². The van der Waals surface area contributed by atoms with E-state index in [1.807, 2.05) is 12.4 Å². The number of nitrogens with zero attached hydrogens (tertiary/aromatic N) is 2. The highest BCUT2D eigenvalue weighted by Gasteiger charge is 2.16. The first-order chi connectivity index (χ1) is 5.77. The molecule has 0 radical (unpaired) electrons. The lowest BCUT2D eigenvalue weighted by atomic mass is 10.1. The van der Waals surface area contributed by atoms with Crippen molar-refractivity contribution in [1.82, 2.24) is 10.2 Å². The van der Waals surface area contributed by atoms with Crippen LogP contribution < -0.4 is 5.32 Å². The van der Waals surface area contributed by atoms with E-state index in [4.69, 9.17) is 0 Å². The zero-order valence-electron chi connectivity index (χ0n) is 7.41. The molecule has 0 aliphatic carbocycles. The molecule has 0 bridgehead atoms. The Hall–Kier alpha value is -1.25. The van der Waals surface area contributed by atoms with Crippen molar-refractivity contribution < 1.29 is 0 Å². The zero-order chi connectivity index (χ0) is 8.55. The highest BCUT2D eigenvalue weighted by Crippen LogP contribution is 2.18. The molecule has 0 aromatic carbocycles. The molecule has 12 heavy (non-hydrogen) atoms. The molecule has 0 spiro atoms. The first-order valence-electron chi connectivity index (χ1n) is 4.22. The Balaban J connectivity index is 2.17. The third-order valence-electron chi connectivity index (χ3n) is 2.09. The maximum absolute atomic E-state index is 4.17. The molecule has 1 N–H and O–H groups in total. The fourth-order valence-electron chi connectivity index (χ4n) is 1.29. The molecule has 0 atom stereocenters. The summed E-state index contributed by atoms with van der Waals surface area (Å²) in [4.78, 5) is 6.31. The molecule has 0 saturated carbocycles. The van der Waals surface area contributed by atoms with Gasteiger partial charge in [-0.3, -0.25) is 4.99 Å². The first kappa shape index (κ1) is 7.40. The van der Waals surface area contributed by atoms with Gasteiger partial charge in [-0.1, -0.05) is 13.8 Å². The van der Waals surface area contributed by atoms with Crippen molar-refractivity contribution in [2.45, 2.75) is 13.8 Å². The van der Waals surface area contributed by atoms with Crippen molar-refractivity contribution in [3.05, 3.63) is 23.8 Å². The largest absolute Gasteiger partial charge is 0.362 e. The van der Waals surface area contributed by atoms with Gasteiger partial charge in [0.15, 0.2) is 0 Å². The average molecular weight is 163 g/mol. The lowest BCUT2D eigenvalue weighted by Gasteiger charge is -2.23. The van der Waals surface area contributed by atoms with Gasteiger partial charge in [0.25, 0.3) is 0 Å². The minimum atomic E-state index is 0.545. The quantitative estimate of drug-likeness (QED) is 0.630. The first-order valence-corrected chi connectivity index (χ1v) is 4.22. The monoisotopic (exact) mass is 163 g/mol. The van der Waals surface area contributed by atoms with Gasteiger partial charge in [0.2, 0.25) is 0 Å². The topological polar surface area (TPSA) is 27.6 Å². The van der Waals surface area contributed by atoms with Crippen LogP contribution in [0.2, 0.25) is 0 Å². The number of rotatable bonds is 1. The van der Waals surface area contributed by atoms with E-state index in [2.05, 4.69) is 35.3 Å². The van der Waals surface area contributed by atoms with E-state index in [9.17, 15) is 0 Å². The zero-order valence-corrected chi connectivity index (χ0v) is 7.41. The molecule has 0 aromatic rings. The predicted octanol–water partition coefficient (Wildman–Crippen LogP) is 1.27. The highest BCUT2D eigenvalue weighted by molar-refractivity contribution is 5.80. The van der Waals surface area contributed by atoms with E-state index in [-0.39, 0.29) is 0 Å². The SMILES string of the molecule is CC(C)C1=CN2CN=CC2=CN1. The number of allylic oxidation sites excluding steroid dienone is 2. The van der Waals surface area contributed by atoms with Gasteiger partial charge in [-0.25, -0.2) is 0 Å². The van der Waals surface area contributed by atoms with Crippen molar-refractivity contribution in [2.75, 3.05) is 6.67 Å². The summed E-state index contributed by atoms with van der Waals surface area (Å²) in [5.41, 5.74) is 2.41. The van der Waals surface area contributed by atoms with E-state index in [1.54, 1.807) is 0 Å². The second-order valence-corrected chi connectivity index (χ2v) is 3.38. The maximum Gasteiger partial charge on any atom is 0.114 e. The van der Waals surface area contributed by atoms with E-state index in [1.165, 1.54) is 5.70 Å².